The summed E-state index contributed by atoms with van der Waals surface area (Å²) in [6.45, 7) is 3.54. The zero-order chi connectivity index (χ0) is 24.3. The zero-order valence-electron chi connectivity index (χ0n) is 20.1. The lowest BCUT2D eigenvalue weighted by atomic mass is 10.0. The van der Waals surface area contributed by atoms with Crippen LogP contribution in [0.1, 0.15) is 34.5 Å². The van der Waals surface area contributed by atoms with Crippen LogP contribution in [0.4, 0.5) is 5.69 Å². The highest BCUT2D eigenvalue weighted by Gasteiger charge is 2.20. The van der Waals surface area contributed by atoms with Gasteiger partial charge in [-0.1, -0.05) is 24.3 Å². The number of aromatic nitrogens is 1. The molecule has 0 atom stereocenters. The molecule has 0 saturated carbocycles. The second-order valence-electron chi connectivity index (χ2n) is 9.44. The Bertz CT molecular complexity index is 1320. The van der Waals surface area contributed by atoms with Crippen LogP contribution < -0.4 is 25.0 Å². The van der Waals surface area contributed by atoms with Crippen molar-refractivity contribution in [2.75, 3.05) is 24.8 Å². The number of para-hydroxylation sites is 1. The molecule has 2 aliphatic heterocycles. The molecule has 36 heavy (non-hydrogen) atoms. The van der Waals surface area contributed by atoms with Crippen molar-refractivity contribution in [1.29, 1.82) is 0 Å². The summed E-state index contributed by atoms with van der Waals surface area (Å²) in [6.07, 6.45) is 2.19. The van der Waals surface area contributed by atoms with Gasteiger partial charge in [0.15, 0.2) is 11.5 Å². The van der Waals surface area contributed by atoms with E-state index in [0.29, 0.717) is 18.2 Å². The molecule has 7 nitrogen and oxygen atoms in total. The van der Waals surface area contributed by atoms with Crippen molar-refractivity contribution in [2.24, 2.45) is 0 Å². The van der Waals surface area contributed by atoms with Crippen LogP contribution in [-0.2, 0) is 13.1 Å². The molecule has 2 aliphatic rings. The quantitative estimate of drug-likeness (QED) is 0.359. The highest BCUT2D eigenvalue weighted by atomic mass is 16.7. The molecule has 3 heterocycles. The number of aromatic amines is 1. The van der Waals surface area contributed by atoms with Crippen LogP contribution in [0.25, 0.3) is 10.9 Å². The number of carbonyl (C=O) groups excluding carboxylic acids is 1. The topological polar surface area (TPSA) is 78.6 Å². The van der Waals surface area contributed by atoms with Crippen molar-refractivity contribution >= 4 is 22.5 Å². The molecule has 0 bridgehead atoms. The first-order valence-corrected chi connectivity index (χ1v) is 12.5. The number of piperidine rings is 1. The number of nitrogens with one attached hydrogen (secondary N) is 3. The Morgan fingerprint density at radius 2 is 1.72 bits per heavy atom. The van der Waals surface area contributed by atoms with Crippen molar-refractivity contribution in [2.45, 2.75) is 32.0 Å². The molecule has 6 rings (SSSR count). The Labute approximate surface area is 210 Å². The van der Waals surface area contributed by atoms with E-state index in [9.17, 15) is 4.79 Å². The molecule has 3 aromatic carbocycles. The second kappa shape index (κ2) is 9.95. The Morgan fingerprint density at radius 1 is 0.917 bits per heavy atom. The highest BCUT2D eigenvalue weighted by molar-refractivity contribution is 5.94. The van der Waals surface area contributed by atoms with Gasteiger partial charge in [0.2, 0.25) is 6.79 Å². The smallest absolute Gasteiger partial charge is 0.251 e. The van der Waals surface area contributed by atoms with Gasteiger partial charge in [0.05, 0.1) is 0 Å². The molecular formula is C29H30N4O3. The van der Waals surface area contributed by atoms with Crippen LogP contribution in [0.5, 0.6) is 11.5 Å². The number of benzene rings is 3. The highest BCUT2D eigenvalue weighted by Crippen LogP contribution is 2.32. The average Bonchev–Trinajstić information content (AvgIpc) is 3.57. The van der Waals surface area contributed by atoms with Gasteiger partial charge >= 0.3 is 0 Å². The maximum atomic E-state index is 12.6. The SMILES string of the molecule is O=C(NCc1ccc2c(c1)OCO2)c1ccc(N2CCC(NCc3cc4ccccc4[nH]3)CC2)cc1. The molecule has 3 N–H and O–H groups in total. The fourth-order valence-corrected chi connectivity index (χ4v) is 4.98. The Kier molecular flexibility index (Phi) is 6.22. The number of nitrogens with zero attached hydrogens (tertiary/aromatic N) is 1. The minimum absolute atomic E-state index is 0.0842. The third-order valence-electron chi connectivity index (χ3n) is 7.05. The first-order chi connectivity index (χ1) is 17.7. The molecule has 1 aromatic heterocycles. The van der Waals surface area contributed by atoms with Crippen molar-refractivity contribution < 1.29 is 14.3 Å². The second-order valence-corrected chi connectivity index (χ2v) is 9.44. The number of anilines is 1. The molecule has 4 aromatic rings. The average molecular weight is 483 g/mol. The van der Waals surface area contributed by atoms with E-state index in [1.54, 1.807) is 0 Å². The van der Waals surface area contributed by atoms with Gasteiger partial charge in [-0.05, 0) is 72.3 Å². The number of fused-ring (bicyclic) bond motifs is 2. The predicted molar refractivity (Wildman–Crippen MR) is 141 cm³/mol. The van der Waals surface area contributed by atoms with Crippen molar-refractivity contribution in [3.63, 3.8) is 0 Å². The summed E-state index contributed by atoms with van der Waals surface area (Å²) in [5.41, 5.74) is 5.22. The van der Waals surface area contributed by atoms with E-state index in [-0.39, 0.29) is 12.7 Å². The maximum Gasteiger partial charge on any atom is 0.251 e. The normalized spacial score (nSPS) is 15.4. The van der Waals surface area contributed by atoms with E-state index < -0.39 is 0 Å². The van der Waals surface area contributed by atoms with Gasteiger partial charge in [-0.2, -0.15) is 0 Å². The van der Waals surface area contributed by atoms with Gasteiger partial charge in [-0.25, -0.2) is 0 Å². The van der Waals surface area contributed by atoms with Gasteiger partial charge in [0, 0.05) is 54.7 Å². The van der Waals surface area contributed by atoms with Gasteiger partial charge in [0.1, 0.15) is 0 Å². The predicted octanol–water partition coefficient (Wildman–Crippen LogP) is 4.59. The van der Waals surface area contributed by atoms with E-state index in [0.717, 1.165) is 55.2 Å². The maximum absolute atomic E-state index is 12.6. The lowest BCUT2D eigenvalue weighted by Gasteiger charge is -2.34. The first kappa shape index (κ1) is 22.5. The summed E-state index contributed by atoms with van der Waals surface area (Å²) in [5.74, 6) is 1.39. The molecule has 1 saturated heterocycles. The van der Waals surface area contributed by atoms with Crippen molar-refractivity contribution in [3.05, 3.63) is 89.6 Å². The van der Waals surface area contributed by atoms with Gasteiger partial charge in [0.25, 0.3) is 5.91 Å². The standard InChI is InChI=1S/C29H30N4O3/c34-29(31-17-20-5-10-27-28(15-20)36-19-35-27)21-6-8-25(9-7-21)33-13-11-23(12-14-33)30-18-24-16-22-3-1-2-4-26(22)32-24/h1-10,15-16,23,30,32H,11-14,17-19H2,(H,31,34). The largest absolute Gasteiger partial charge is 0.454 e. The van der Waals surface area contributed by atoms with Gasteiger partial charge in [-0.15, -0.1) is 0 Å². The lowest BCUT2D eigenvalue weighted by molar-refractivity contribution is 0.0951. The lowest BCUT2D eigenvalue weighted by Crippen LogP contribution is -2.42. The van der Waals surface area contributed by atoms with Gasteiger partial charge < -0.3 is 30.0 Å². The molecule has 1 amide bonds. The zero-order valence-corrected chi connectivity index (χ0v) is 20.1. The minimum atomic E-state index is -0.0842. The first-order valence-electron chi connectivity index (χ1n) is 12.5. The summed E-state index contributed by atoms with van der Waals surface area (Å²) in [6, 6.07) is 24.8. The third-order valence-corrected chi connectivity index (χ3v) is 7.05. The summed E-state index contributed by atoms with van der Waals surface area (Å²) >= 11 is 0. The van der Waals surface area contributed by atoms with E-state index in [2.05, 4.69) is 50.8 Å². The van der Waals surface area contributed by atoms with Gasteiger partial charge in [-0.3, -0.25) is 4.79 Å². The number of hydrogen-bond acceptors (Lipinski definition) is 5. The number of rotatable bonds is 7. The molecule has 184 valence electrons. The number of carbonyl (C=O) groups is 1. The van der Waals surface area contributed by atoms with Crippen LogP contribution >= 0.6 is 0 Å². The molecule has 0 spiro atoms. The fraction of sp³-hybridized carbons (Fsp3) is 0.276. The number of ether oxygens (including phenoxy) is 2. The Hall–Kier alpha value is -3.97. The monoisotopic (exact) mass is 482 g/mol. The molecule has 0 unspecified atom stereocenters. The summed E-state index contributed by atoms with van der Waals surface area (Å²) in [4.78, 5) is 18.5. The van der Waals surface area contributed by atoms with Crippen LogP contribution in [0.3, 0.4) is 0 Å². The van der Waals surface area contributed by atoms with Crippen LogP contribution in [0, 0.1) is 0 Å². The van der Waals surface area contributed by atoms with E-state index in [1.807, 2.05) is 42.5 Å². The summed E-state index contributed by atoms with van der Waals surface area (Å²) < 4.78 is 10.7. The molecule has 0 radical (unpaired) electrons. The van der Waals surface area contributed by atoms with Crippen molar-refractivity contribution in [3.8, 4) is 11.5 Å². The fourth-order valence-electron chi connectivity index (χ4n) is 4.98. The number of amides is 1. The molecule has 0 aliphatic carbocycles. The summed E-state index contributed by atoms with van der Waals surface area (Å²) in [5, 5.41) is 7.96. The Morgan fingerprint density at radius 3 is 2.56 bits per heavy atom. The van der Waals surface area contributed by atoms with Crippen LogP contribution in [0.2, 0.25) is 0 Å². The molecule has 1 fully saturated rings. The number of H-pyrrole nitrogens is 1. The molecule has 7 heteroatoms. The third kappa shape index (κ3) is 4.88. The Balaban J connectivity index is 0.973. The van der Waals surface area contributed by atoms with Crippen LogP contribution in [0.15, 0.2) is 72.8 Å². The van der Waals surface area contributed by atoms with E-state index in [4.69, 9.17) is 9.47 Å². The van der Waals surface area contributed by atoms with E-state index >= 15 is 0 Å². The minimum Gasteiger partial charge on any atom is -0.454 e. The summed E-state index contributed by atoms with van der Waals surface area (Å²) in [7, 11) is 0. The van der Waals surface area contributed by atoms with Crippen LogP contribution in [-0.4, -0.2) is 36.8 Å². The van der Waals surface area contributed by atoms with E-state index in [1.165, 1.54) is 16.6 Å². The van der Waals surface area contributed by atoms with Crippen molar-refractivity contribution in [1.82, 2.24) is 15.6 Å². The molecular weight excluding hydrogens is 452 g/mol. The number of hydrogen-bond donors (Lipinski definition) is 3.